The monoisotopic (exact) mass is 416 g/mol. The van der Waals surface area contributed by atoms with Gasteiger partial charge in [-0.15, -0.1) is 0 Å². The summed E-state index contributed by atoms with van der Waals surface area (Å²) in [4.78, 5) is 28.4. The molecule has 2 aromatic rings. The minimum atomic E-state index is -0.989. The predicted molar refractivity (Wildman–Crippen MR) is 112 cm³/mol. The Kier molecular flexibility index (Phi) is 7.35. The molecule has 30 heavy (non-hydrogen) atoms. The van der Waals surface area contributed by atoms with Gasteiger partial charge in [0.1, 0.15) is 11.6 Å². The van der Waals surface area contributed by atoms with E-state index >= 15 is 0 Å². The number of amides is 2. The van der Waals surface area contributed by atoms with Crippen LogP contribution in [0, 0.1) is 11.6 Å². The third-order valence-electron chi connectivity index (χ3n) is 5.12. The first-order valence-corrected chi connectivity index (χ1v) is 9.99. The molecule has 2 amide bonds. The quantitative estimate of drug-likeness (QED) is 0.561. The lowest BCUT2D eigenvalue weighted by molar-refractivity contribution is -0.136. The van der Waals surface area contributed by atoms with Gasteiger partial charge in [-0.05, 0) is 49.7 Å². The second-order valence-corrected chi connectivity index (χ2v) is 7.39. The van der Waals surface area contributed by atoms with Crippen molar-refractivity contribution >= 4 is 23.2 Å². The maximum absolute atomic E-state index is 13.5. The molecule has 160 valence electrons. The summed E-state index contributed by atoms with van der Waals surface area (Å²) in [7, 11) is 2.13. The van der Waals surface area contributed by atoms with Gasteiger partial charge >= 0.3 is 11.8 Å². The maximum Gasteiger partial charge on any atom is 0.313 e. The molecule has 1 fully saturated rings. The van der Waals surface area contributed by atoms with E-state index in [2.05, 4.69) is 51.7 Å². The van der Waals surface area contributed by atoms with Crippen LogP contribution in [-0.2, 0) is 16.0 Å². The molecule has 1 aliphatic rings. The SMILES string of the molecule is CN1CCN(c2ccc(CCCNC(=O)C(=O)Nc3ccc(F)cc3F)cc2)CC1. The molecular weight excluding hydrogens is 390 g/mol. The molecule has 1 saturated heterocycles. The highest BCUT2D eigenvalue weighted by Gasteiger charge is 2.16. The van der Waals surface area contributed by atoms with Gasteiger partial charge in [-0.3, -0.25) is 9.59 Å². The lowest BCUT2D eigenvalue weighted by Gasteiger charge is -2.34. The fraction of sp³-hybridized carbons (Fsp3) is 0.364. The molecule has 0 bridgehead atoms. The highest BCUT2D eigenvalue weighted by atomic mass is 19.1. The number of hydrogen-bond donors (Lipinski definition) is 2. The number of anilines is 2. The van der Waals surface area contributed by atoms with E-state index in [4.69, 9.17) is 0 Å². The van der Waals surface area contributed by atoms with Crippen LogP contribution in [0.3, 0.4) is 0 Å². The largest absolute Gasteiger partial charge is 0.369 e. The van der Waals surface area contributed by atoms with Crippen LogP contribution in [0.1, 0.15) is 12.0 Å². The molecule has 1 heterocycles. The second-order valence-electron chi connectivity index (χ2n) is 7.39. The minimum absolute atomic E-state index is 0.239. The Morgan fingerprint density at radius 3 is 2.33 bits per heavy atom. The number of nitrogens with zero attached hydrogens (tertiary/aromatic N) is 2. The topological polar surface area (TPSA) is 64.7 Å². The summed E-state index contributed by atoms with van der Waals surface area (Å²) in [5, 5.41) is 4.65. The van der Waals surface area contributed by atoms with Crippen LogP contribution >= 0.6 is 0 Å². The minimum Gasteiger partial charge on any atom is -0.369 e. The molecule has 2 N–H and O–H groups in total. The average Bonchev–Trinajstić information content (AvgIpc) is 2.74. The molecule has 0 atom stereocenters. The molecule has 0 unspecified atom stereocenters. The Labute approximate surface area is 174 Å². The molecule has 6 nitrogen and oxygen atoms in total. The van der Waals surface area contributed by atoms with E-state index in [1.807, 2.05) is 0 Å². The van der Waals surface area contributed by atoms with Crippen molar-refractivity contribution in [3.8, 4) is 0 Å². The molecule has 0 spiro atoms. The van der Waals surface area contributed by atoms with E-state index in [1.165, 1.54) is 5.69 Å². The molecule has 0 radical (unpaired) electrons. The van der Waals surface area contributed by atoms with E-state index in [0.717, 1.165) is 50.3 Å². The maximum atomic E-state index is 13.5. The van der Waals surface area contributed by atoms with Crippen LogP contribution in [0.25, 0.3) is 0 Å². The van der Waals surface area contributed by atoms with E-state index in [1.54, 1.807) is 0 Å². The number of halogens is 2. The Balaban J connectivity index is 1.39. The Bertz CT molecular complexity index is 881. The van der Waals surface area contributed by atoms with Gasteiger partial charge in [0.2, 0.25) is 0 Å². The van der Waals surface area contributed by atoms with Crippen LogP contribution in [-0.4, -0.2) is 56.5 Å². The number of piperazine rings is 1. The van der Waals surface area contributed by atoms with Crippen LogP contribution in [0.15, 0.2) is 42.5 Å². The zero-order valence-corrected chi connectivity index (χ0v) is 17.0. The number of benzene rings is 2. The van der Waals surface area contributed by atoms with Gasteiger partial charge < -0.3 is 20.4 Å². The summed E-state index contributed by atoms with van der Waals surface area (Å²) in [6, 6.07) is 11.1. The smallest absolute Gasteiger partial charge is 0.313 e. The highest BCUT2D eigenvalue weighted by molar-refractivity contribution is 6.39. The van der Waals surface area contributed by atoms with Gasteiger partial charge in [-0.2, -0.15) is 0 Å². The van der Waals surface area contributed by atoms with Crippen molar-refractivity contribution in [2.45, 2.75) is 12.8 Å². The summed E-state index contributed by atoms with van der Waals surface area (Å²) < 4.78 is 26.4. The van der Waals surface area contributed by atoms with Crippen molar-refractivity contribution in [1.82, 2.24) is 10.2 Å². The lowest BCUT2D eigenvalue weighted by Crippen LogP contribution is -2.44. The van der Waals surface area contributed by atoms with Crippen LogP contribution in [0.4, 0.5) is 20.2 Å². The first-order chi connectivity index (χ1) is 14.4. The fourth-order valence-corrected chi connectivity index (χ4v) is 3.28. The normalized spacial score (nSPS) is 14.4. The third-order valence-corrected chi connectivity index (χ3v) is 5.12. The number of carbonyl (C=O) groups is 2. The molecule has 0 aliphatic carbocycles. The summed E-state index contributed by atoms with van der Waals surface area (Å²) in [6.07, 6.45) is 1.43. The zero-order valence-electron chi connectivity index (χ0n) is 17.0. The van der Waals surface area contributed by atoms with E-state index in [-0.39, 0.29) is 5.69 Å². The van der Waals surface area contributed by atoms with E-state index < -0.39 is 23.4 Å². The predicted octanol–water partition coefficient (Wildman–Crippen LogP) is 2.40. The van der Waals surface area contributed by atoms with Crippen LogP contribution in [0.2, 0.25) is 0 Å². The molecule has 2 aromatic carbocycles. The van der Waals surface area contributed by atoms with Crippen molar-refractivity contribution in [2.24, 2.45) is 0 Å². The number of nitrogens with one attached hydrogen (secondary N) is 2. The average molecular weight is 416 g/mol. The molecule has 1 aliphatic heterocycles. The van der Waals surface area contributed by atoms with Crippen LogP contribution in [0.5, 0.6) is 0 Å². The van der Waals surface area contributed by atoms with Gasteiger partial charge in [0.05, 0.1) is 5.69 Å². The van der Waals surface area contributed by atoms with E-state index in [9.17, 15) is 18.4 Å². The summed E-state index contributed by atoms with van der Waals surface area (Å²) >= 11 is 0. The summed E-state index contributed by atoms with van der Waals surface area (Å²) in [5.74, 6) is -3.54. The first kappa shape index (κ1) is 21.7. The lowest BCUT2D eigenvalue weighted by atomic mass is 10.1. The summed E-state index contributed by atoms with van der Waals surface area (Å²) in [5.41, 5.74) is 2.13. The van der Waals surface area contributed by atoms with Gasteiger partial charge in [0.15, 0.2) is 0 Å². The van der Waals surface area contributed by atoms with Gasteiger partial charge in [-0.1, -0.05) is 12.1 Å². The first-order valence-electron chi connectivity index (χ1n) is 9.99. The fourth-order valence-electron chi connectivity index (χ4n) is 3.28. The molecule has 0 aromatic heterocycles. The van der Waals surface area contributed by atoms with Gasteiger partial charge in [0, 0.05) is 44.5 Å². The zero-order chi connectivity index (χ0) is 21.5. The molecule has 8 heteroatoms. The van der Waals surface area contributed by atoms with Crippen molar-refractivity contribution in [3.63, 3.8) is 0 Å². The Hall–Kier alpha value is -3.00. The number of rotatable bonds is 6. The highest BCUT2D eigenvalue weighted by Crippen LogP contribution is 2.18. The van der Waals surface area contributed by atoms with Gasteiger partial charge in [-0.25, -0.2) is 8.78 Å². The van der Waals surface area contributed by atoms with Crippen molar-refractivity contribution in [2.75, 3.05) is 50.0 Å². The molecular formula is C22H26F2N4O2. The number of carbonyl (C=O) groups excluding carboxylic acids is 2. The number of likely N-dealkylation sites (N-methyl/N-ethyl adjacent to an activating group) is 1. The summed E-state index contributed by atoms with van der Waals surface area (Å²) in [6.45, 7) is 4.47. The van der Waals surface area contributed by atoms with Crippen molar-refractivity contribution < 1.29 is 18.4 Å². The Morgan fingerprint density at radius 1 is 0.967 bits per heavy atom. The van der Waals surface area contributed by atoms with Crippen molar-refractivity contribution in [1.29, 1.82) is 0 Å². The molecule has 0 saturated carbocycles. The van der Waals surface area contributed by atoms with Crippen LogP contribution < -0.4 is 15.5 Å². The second kappa shape index (κ2) is 10.2. The number of hydrogen-bond acceptors (Lipinski definition) is 4. The Morgan fingerprint density at radius 2 is 1.67 bits per heavy atom. The number of aryl methyl sites for hydroxylation is 1. The standard InChI is InChI=1S/C22H26F2N4O2/c1-27-11-13-28(14-12-27)18-7-4-16(5-8-18)3-2-10-25-21(29)22(30)26-20-9-6-17(23)15-19(20)24/h4-9,15H,2-3,10-14H2,1H3,(H,25,29)(H,26,30). The van der Waals surface area contributed by atoms with E-state index in [0.29, 0.717) is 19.0 Å². The third kappa shape index (κ3) is 6.00. The van der Waals surface area contributed by atoms with Gasteiger partial charge in [0.25, 0.3) is 0 Å². The molecule has 3 rings (SSSR count). The van der Waals surface area contributed by atoms with Crippen molar-refractivity contribution in [3.05, 3.63) is 59.7 Å².